The average Bonchev–Trinajstić information content (AvgIpc) is 2.78. The Balaban J connectivity index is 1.91. The third-order valence-electron chi connectivity index (χ3n) is 5.32. The molecule has 1 unspecified atom stereocenters. The van der Waals surface area contributed by atoms with E-state index in [1.54, 1.807) is 60.4 Å². The first kappa shape index (κ1) is 23.3. The van der Waals surface area contributed by atoms with Gasteiger partial charge in [0.05, 0.1) is 18.7 Å². The SMILES string of the molecule is CCCCN1C(=O)NC(c2cccc(NC(=O)c3ccc(Cl)cc3)c2)C(C(=O)OC)=C1C. The maximum absolute atomic E-state index is 12.8. The predicted octanol–water partition coefficient (Wildman–Crippen LogP) is 4.91. The van der Waals surface area contributed by atoms with Crippen molar-refractivity contribution in [3.63, 3.8) is 0 Å². The van der Waals surface area contributed by atoms with E-state index in [0.717, 1.165) is 12.8 Å². The Morgan fingerprint density at radius 1 is 1.19 bits per heavy atom. The van der Waals surface area contributed by atoms with Gasteiger partial charge in [-0.25, -0.2) is 9.59 Å². The largest absolute Gasteiger partial charge is 0.466 e. The van der Waals surface area contributed by atoms with Crippen molar-refractivity contribution in [1.82, 2.24) is 10.2 Å². The van der Waals surface area contributed by atoms with Gasteiger partial charge in [0.15, 0.2) is 0 Å². The summed E-state index contributed by atoms with van der Waals surface area (Å²) in [6.45, 7) is 4.30. The number of allylic oxidation sites excluding steroid dienone is 1. The topological polar surface area (TPSA) is 87.7 Å². The number of carbonyl (C=O) groups excluding carboxylic acids is 3. The van der Waals surface area contributed by atoms with Gasteiger partial charge in [-0.1, -0.05) is 37.1 Å². The van der Waals surface area contributed by atoms with E-state index < -0.39 is 12.0 Å². The molecule has 0 fully saturated rings. The Hall–Kier alpha value is -3.32. The summed E-state index contributed by atoms with van der Waals surface area (Å²) < 4.78 is 5.01. The van der Waals surface area contributed by atoms with Gasteiger partial charge in [-0.15, -0.1) is 0 Å². The Morgan fingerprint density at radius 2 is 1.91 bits per heavy atom. The molecule has 1 aliphatic rings. The minimum atomic E-state index is -0.694. The number of carbonyl (C=O) groups is 3. The van der Waals surface area contributed by atoms with Crippen molar-refractivity contribution in [3.8, 4) is 0 Å². The number of nitrogens with zero attached hydrogens (tertiary/aromatic N) is 1. The average molecular weight is 456 g/mol. The number of hydrogen-bond donors (Lipinski definition) is 2. The normalized spacial score (nSPS) is 15.9. The zero-order chi connectivity index (χ0) is 23.3. The van der Waals surface area contributed by atoms with Crippen molar-refractivity contribution in [2.45, 2.75) is 32.7 Å². The van der Waals surface area contributed by atoms with E-state index in [1.165, 1.54) is 7.11 Å². The predicted molar refractivity (Wildman–Crippen MR) is 123 cm³/mol. The lowest BCUT2D eigenvalue weighted by atomic mass is 9.94. The molecule has 2 aromatic carbocycles. The first-order valence-corrected chi connectivity index (χ1v) is 10.8. The van der Waals surface area contributed by atoms with Gasteiger partial charge in [-0.05, 0) is 55.3 Å². The van der Waals surface area contributed by atoms with E-state index in [0.29, 0.717) is 39.7 Å². The van der Waals surface area contributed by atoms with Gasteiger partial charge >= 0.3 is 12.0 Å². The molecule has 1 heterocycles. The number of methoxy groups -OCH3 is 1. The fraction of sp³-hybridized carbons (Fsp3) is 0.292. The maximum atomic E-state index is 12.8. The zero-order valence-electron chi connectivity index (χ0n) is 18.3. The molecule has 2 aromatic rings. The second kappa shape index (κ2) is 10.3. The van der Waals surface area contributed by atoms with Gasteiger partial charge < -0.3 is 15.4 Å². The molecule has 0 radical (unpaired) electrons. The molecule has 0 spiro atoms. The number of rotatable bonds is 7. The van der Waals surface area contributed by atoms with Gasteiger partial charge in [0.25, 0.3) is 5.91 Å². The summed E-state index contributed by atoms with van der Waals surface area (Å²) in [4.78, 5) is 39.5. The van der Waals surface area contributed by atoms with Crippen LogP contribution >= 0.6 is 11.6 Å². The Bertz CT molecular complexity index is 1050. The maximum Gasteiger partial charge on any atom is 0.337 e. The van der Waals surface area contributed by atoms with Crippen molar-refractivity contribution in [2.24, 2.45) is 0 Å². The standard InChI is InChI=1S/C24H26ClN3O4/c1-4-5-13-28-15(2)20(23(30)32-3)21(27-24(28)31)17-7-6-8-19(14-17)26-22(29)16-9-11-18(25)12-10-16/h6-12,14,21H,4-5,13H2,1-3H3,(H,26,29)(H,27,31). The van der Waals surface area contributed by atoms with Gasteiger partial charge in [-0.2, -0.15) is 0 Å². The van der Waals surface area contributed by atoms with Gasteiger partial charge in [0.2, 0.25) is 0 Å². The first-order valence-electron chi connectivity index (χ1n) is 10.4. The highest BCUT2D eigenvalue weighted by Gasteiger charge is 2.36. The molecule has 1 aliphatic heterocycles. The zero-order valence-corrected chi connectivity index (χ0v) is 19.0. The van der Waals surface area contributed by atoms with E-state index in [2.05, 4.69) is 10.6 Å². The highest BCUT2D eigenvalue weighted by Crippen LogP contribution is 2.32. The monoisotopic (exact) mass is 455 g/mol. The van der Waals surface area contributed by atoms with Crippen LogP contribution in [0.4, 0.5) is 10.5 Å². The lowest BCUT2D eigenvalue weighted by molar-refractivity contribution is -0.136. The summed E-state index contributed by atoms with van der Waals surface area (Å²) >= 11 is 5.88. The summed E-state index contributed by atoms with van der Waals surface area (Å²) in [5, 5.41) is 6.29. The van der Waals surface area contributed by atoms with Crippen LogP contribution in [0.5, 0.6) is 0 Å². The molecule has 0 aromatic heterocycles. The molecule has 7 nitrogen and oxygen atoms in total. The molecular weight excluding hydrogens is 430 g/mol. The van der Waals surface area contributed by atoms with Crippen LogP contribution in [-0.2, 0) is 9.53 Å². The van der Waals surface area contributed by atoms with Crippen LogP contribution in [0.3, 0.4) is 0 Å². The van der Waals surface area contributed by atoms with E-state index in [-0.39, 0.29) is 11.9 Å². The Morgan fingerprint density at radius 3 is 2.56 bits per heavy atom. The highest BCUT2D eigenvalue weighted by atomic mass is 35.5. The summed E-state index contributed by atoms with van der Waals surface area (Å²) in [7, 11) is 1.31. The fourth-order valence-electron chi connectivity index (χ4n) is 3.59. The molecule has 1 atom stereocenters. The van der Waals surface area contributed by atoms with Crippen LogP contribution in [0.1, 0.15) is 48.7 Å². The number of esters is 1. The van der Waals surface area contributed by atoms with Crippen molar-refractivity contribution < 1.29 is 19.1 Å². The Kier molecular flexibility index (Phi) is 7.53. The van der Waals surface area contributed by atoms with E-state index >= 15 is 0 Å². The van der Waals surface area contributed by atoms with Crippen LogP contribution in [0.25, 0.3) is 0 Å². The van der Waals surface area contributed by atoms with Crippen LogP contribution in [0, 0.1) is 0 Å². The Labute approximate surface area is 192 Å². The quantitative estimate of drug-likeness (QED) is 0.581. The molecule has 3 rings (SSSR count). The molecular formula is C24H26ClN3O4. The molecule has 0 saturated heterocycles. The number of urea groups is 1. The molecule has 0 aliphatic carbocycles. The number of amides is 3. The third kappa shape index (κ3) is 5.11. The van der Waals surface area contributed by atoms with Crippen molar-refractivity contribution in [1.29, 1.82) is 0 Å². The van der Waals surface area contributed by atoms with Crippen molar-refractivity contribution in [3.05, 3.63) is 76.0 Å². The molecule has 32 heavy (non-hydrogen) atoms. The van der Waals surface area contributed by atoms with E-state index in [4.69, 9.17) is 16.3 Å². The highest BCUT2D eigenvalue weighted by molar-refractivity contribution is 6.30. The van der Waals surface area contributed by atoms with Crippen LogP contribution in [-0.4, -0.2) is 36.5 Å². The lowest BCUT2D eigenvalue weighted by Gasteiger charge is -2.35. The third-order valence-corrected chi connectivity index (χ3v) is 5.57. The fourth-order valence-corrected chi connectivity index (χ4v) is 3.72. The molecule has 3 amide bonds. The van der Waals surface area contributed by atoms with Gasteiger partial charge in [0.1, 0.15) is 0 Å². The second-order valence-corrected chi connectivity index (χ2v) is 7.90. The number of ether oxygens (including phenoxy) is 1. The van der Waals surface area contributed by atoms with E-state index in [1.807, 2.05) is 6.92 Å². The molecule has 0 saturated carbocycles. The minimum absolute atomic E-state index is 0.274. The molecule has 0 bridgehead atoms. The van der Waals surface area contributed by atoms with Gasteiger partial charge in [-0.3, -0.25) is 9.69 Å². The smallest absolute Gasteiger partial charge is 0.337 e. The number of unbranched alkanes of at least 4 members (excludes halogenated alkanes) is 1. The summed E-state index contributed by atoms with van der Waals surface area (Å²) in [5.41, 5.74) is 2.58. The number of nitrogens with one attached hydrogen (secondary N) is 2. The first-order chi connectivity index (χ1) is 15.3. The molecule has 8 heteroatoms. The van der Waals surface area contributed by atoms with Crippen LogP contribution < -0.4 is 10.6 Å². The number of benzene rings is 2. The number of hydrogen-bond acceptors (Lipinski definition) is 4. The van der Waals surface area contributed by atoms with Crippen LogP contribution in [0.2, 0.25) is 5.02 Å². The minimum Gasteiger partial charge on any atom is -0.466 e. The summed E-state index contributed by atoms with van der Waals surface area (Å²) in [5.74, 6) is -0.804. The molecule has 168 valence electrons. The lowest BCUT2D eigenvalue weighted by Crippen LogP contribution is -2.48. The number of halogens is 1. The summed E-state index contributed by atoms with van der Waals surface area (Å²) in [6, 6.07) is 12.6. The van der Waals surface area contributed by atoms with E-state index in [9.17, 15) is 14.4 Å². The summed E-state index contributed by atoms with van der Waals surface area (Å²) in [6.07, 6.45) is 1.74. The molecule has 2 N–H and O–H groups in total. The van der Waals surface area contributed by atoms with Gasteiger partial charge in [0, 0.05) is 28.5 Å². The van der Waals surface area contributed by atoms with Crippen molar-refractivity contribution >= 4 is 35.2 Å². The second-order valence-electron chi connectivity index (χ2n) is 7.46. The van der Waals surface area contributed by atoms with Crippen LogP contribution in [0.15, 0.2) is 59.8 Å². The number of anilines is 1. The van der Waals surface area contributed by atoms with Crippen molar-refractivity contribution in [2.75, 3.05) is 19.0 Å².